The predicted molar refractivity (Wildman–Crippen MR) is 245 cm³/mol. The number of Topliss-reactive ketones (excluding diaryl/α,β-unsaturated/α-hetero) is 1. The van der Waals surface area contributed by atoms with Crippen LogP contribution in [-0.2, 0) is 54.3 Å². The van der Waals surface area contributed by atoms with Gasteiger partial charge in [0.05, 0.1) is 54.9 Å². The molecule has 2 aliphatic carbocycles. The van der Waals surface area contributed by atoms with Gasteiger partial charge in [-0.1, -0.05) is 26.0 Å². The topological polar surface area (TPSA) is 406 Å². The number of aliphatic carboxylic acids is 1. The highest BCUT2D eigenvalue weighted by Crippen LogP contribution is 2.52. The van der Waals surface area contributed by atoms with E-state index in [0.29, 0.717) is 0 Å². The highest BCUT2D eigenvalue weighted by Gasteiger charge is 2.50. The molecule has 13 N–H and O–H groups in total. The van der Waals surface area contributed by atoms with Crippen LogP contribution < -0.4 is 37.1 Å². The van der Waals surface area contributed by atoms with Gasteiger partial charge in [-0.25, -0.2) is 0 Å². The molecule has 1 heterocycles. The zero-order chi connectivity index (χ0) is 53.7. The number of nitrogens with two attached hydrogens (primary N) is 1. The number of nitrogens with one attached hydrogen (secondary N) is 5. The van der Waals surface area contributed by atoms with Gasteiger partial charge in [-0.3, -0.25) is 47.9 Å². The van der Waals surface area contributed by atoms with Crippen LogP contribution in [0.2, 0.25) is 0 Å². The lowest BCUT2D eigenvalue weighted by molar-refractivity contribution is -0.249. The monoisotopic (exact) mass is 1010 g/mol. The second kappa shape index (κ2) is 23.0. The Morgan fingerprint density at radius 1 is 0.847 bits per heavy atom. The number of ether oxygens (including phenoxy) is 3. The van der Waals surface area contributed by atoms with Crippen molar-refractivity contribution in [1.82, 2.24) is 26.6 Å². The first-order valence-corrected chi connectivity index (χ1v) is 23.0. The summed E-state index contributed by atoms with van der Waals surface area (Å²) >= 11 is 0. The largest absolute Gasteiger partial charge is 0.507 e. The fourth-order valence-corrected chi connectivity index (χ4v) is 8.83. The molecule has 0 aromatic heterocycles. The molecule has 25 heteroatoms. The summed E-state index contributed by atoms with van der Waals surface area (Å²) in [6.45, 7) is 6.21. The number of carboxylic acids is 1. The standard InChI is InChI=1S/C47H60N6O19/c1-18(2)12-25(53-46(68)26(13-30(48)56)52-44(66)20(4)50-43(65)19(3)49-31(57)10-11-32(58)59)45(67)51-24-14-33(71-21(5)38(24)60)72-28-16-47(69,29(55)17-54)15-23-35(28)42(64)37-36(40(23)62)39(61)22-8-7-9-27(70-6)34(22)41(37)63/h7-9,18-21,24-26,28,33,38,54,60,62,64,69H,10-17H2,1-6H3,(H2,48,56)(H,49,57)(H,50,65)(H,51,67)(H,52,66)(H,53,68)(H,58,59)/t19?,20?,21-,24-,25?,26?,28-,33-,38+,47-/m0/s1. The lowest BCUT2D eigenvalue weighted by Gasteiger charge is -2.43. The van der Waals surface area contributed by atoms with Crippen LogP contribution in [0.15, 0.2) is 18.2 Å². The maximum absolute atomic E-state index is 14.1. The summed E-state index contributed by atoms with van der Waals surface area (Å²) in [5, 5.41) is 77.3. The van der Waals surface area contributed by atoms with E-state index >= 15 is 0 Å². The van der Waals surface area contributed by atoms with Crippen LogP contribution in [-0.4, -0.2) is 157 Å². The summed E-state index contributed by atoms with van der Waals surface area (Å²) in [6.07, 6.45) is -9.15. The molecule has 2 aromatic rings. The number of aliphatic hydroxyl groups excluding tert-OH is 2. The third kappa shape index (κ3) is 12.3. The minimum Gasteiger partial charge on any atom is -0.507 e. The molecule has 0 radical (unpaired) electrons. The normalized spacial score (nSPS) is 22.9. The summed E-state index contributed by atoms with van der Waals surface area (Å²) in [7, 11) is 1.26. The predicted octanol–water partition coefficient (Wildman–Crippen LogP) is -2.08. The van der Waals surface area contributed by atoms with E-state index in [1.807, 2.05) is 0 Å². The van der Waals surface area contributed by atoms with E-state index in [1.165, 1.54) is 46.1 Å². The zero-order valence-corrected chi connectivity index (χ0v) is 40.2. The number of rotatable bonds is 21. The van der Waals surface area contributed by atoms with Crippen LogP contribution in [0.25, 0.3) is 0 Å². The van der Waals surface area contributed by atoms with E-state index in [4.69, 9.17) is 25.1 Å². The van der Waals surface area contributed by atoms with E-state index in [1.54, 1.807) is 13.8 Å². The Hall–Kier alpha value is -7.06. The van der Waals surface area contributed by atoms with Gasteiger partial charge in [-0.05, 0) is 39.2 Å². The third-order valence-electron chi connectivity index (χ3n) is 12.6. The van der Waals surface area contributed by atoms with Crippen LogP contribution >= 0.6 is 0 Å². The molecule has 25 nitrogen and oxygen atoms in total. The number of fused-ring (bicyclic) bond motifs is 3. The van der Waals surface area contributed by atoms with Gasteiger partial charge in [0.1, 0.15) is 59.7 Å². The molecular formula is C47H60N6O19. The number of hydrogen-bond acceptors (Lipinski definition) is 18. The van der Waals surface area contributed by atoms with E-state index in [-0.39, 0.29) is 46.8 Å². The van der Waals surface area contributed by atoms with Crippen LogP contribution in [0, 0.1) is 5.92 Å². The maximum atomic E-state index is 14.1. The van der Waals surface area contributed by atoms with Gasteiger partial charge in [0.25, 0.3) is 0 Å². The quantitative estimate of drug-likeness (QED) is 0.0510. The fourth-order valence-electron chi connectivity index (χ4n) is 8.83. The van der Waals surface area contributed by atoms with Crippen molar-refractivity contribution >= 4 is 58.8 Å². The van der Waals surface area contributed by atoms with Gasteiger partial charge >= 0.3 is 5.97 Å². The van der Waals surface area contributed by atoms with E-state index in [9.17, 15) is 73.5 Å². The summed E-state index contributed by atoms with van der Waals surface area (Å²) in [4.78, 5) is 130. The Morgan fingerprint density at radius 2 is 1.47 bits per heavy atom. The Kier molecular flexibility index (Phi) is 17.8. The Morgan fingerprint density at radius 3 is 2.08 bits per heavy atom. The summed E-state index contributed by atoms with van der Waals surface area (Å²) in [5.74, 6) is -11.6. The van der Waals surface area contributed by atoms with Gasteiger partial charge < -0.3 is 77.2 Å². The number of phenolic OH excluding ortho intramolecular Hbond substituents is 2. The van der Waals surface area contributed by atoms with E-state index in [2.05, 4.69) is 26.6 Å². The molecule has 0 saturated carbocycles. The van der Waals surface area contributed by atoms with Crippen LogP contribution in [0.4, 0.5) is 0 Å². The molecule has 10 atom stereocenters. The first-order valence-electron chi connectivity index (χ1n) is 23.0. The number of methoxy groups -OCH3 is 1. The van der Waals surface area contributed by atoms with Crippen molar-refractivity contribution < 1.29 is 92.8 Å². The highest BCUT2D eigenvalue weighted by atomic mass is 16.7. The van der Waals surface area contributed by atoms with Crippen molar-refractivity contribution in [2.24, 2.45) is 11.7 Å². The summed E-state index contributed by atoms with van der Waals surface area (Å²) in [6, 6.07) is -2.70. The van der Waals surface area contributed by atoms with Gasteiger partial charge in [0, 0.05) is 42.4 Å². The molecule has 72 heavy (non-hydrogen) atoms. The number of hydrogen-bond donors (Lipinski definition) is 12. The van der Waals surface area contributed by atoms with Gasteiger partial charge in [-0.2, -0.15) is 0 Å². The fraction of sp³-hybridized carbons (Fsp3) is 0.532. The van der Waals surface area contributed by atoms with Crippen LogP contribution in [0.5, 0.6) is 17.2 Å². The average molecular weight is 1010 g/mol. The van der Waals surface area contributed by atoms with Gasteiger partial charge in [-0.15, -0.1) is 0 Å². The molecule has 6 amide bonds. The molecular weight excluding hydrogens is 953 g/mol. The van der Waals surface area contributed by atoms with E-state index in [0.717, 1.165) is 0 Å². The Labute approximate surface area is 411 Å². The number of carboxylic acid groups (broad SMARTS) is 1. The maximum Gasteiger partial charge on any atom is 0.303 e. The summed E-state index contributed by atoms with van der Waals surface area (Å²) in [5.41, 5.74) is 0.702. The van der Waals surface area contributed by atoms with Gasteiger partial charge in [0.2, 0.25) is 41.2 Å². The minimum absolute atomic E-state index is 0.00500. The number of ketones is 3. The van der Waals surface area contributed by atoms with Crippen molar-refractivity contribution in [2.75, 3.05) is 13.7 Å². The Balaban J connectivity index is 1.36. The number of benzene rings is 2. The van der Waals surface area contributed by atoms with Crippen LogP contribution in [0.1, 0.15) is 122 Å². The number of phenols is 2. The third-order valence-corrected chi connectivity index (χ3v) is 12.6. The Bertz CT molecular complexity index is 2530. The van der Waals surface area contributed by atoms with Crippen molar-refractivity contribution in [2.45, 2.75) is 140 Å². The van der Waals surface area contributed by atoms with Crippen molar-refractivity contribution in [3.05, 3.63) is 51.6 Å². The number of aromatic hydroxyl groups is 2. The number of aliphatic hydroxyl groups is 3. The summed E-state index contributed by atoms with van der Waals surface area (Å²) < 4.78 is 17.5. The lowest BCUT2D eigenvalue weighted by atomic mass is 9.72. The van der Waals surface area contributed by atoms with Gasteiger partial charge in [0.15, 0.2) is 17.9 Å². The first kappa shape index (κ1) is 55.9. The van der Waals surface area contributed by atoms with Crippen molar-refractivity contribution in [3.8, 4) is 17.2 Å². The molecule has 1 saturated heterocycles. The molecule has 0 bridgehead atoms. The van der Waals surface area contributed by atoms with Crippen molar-refractivity contribution in [3.63, 3.8) is 0 Å². The smallest absolute Gasteiger partial charge is 0.303 e. The highest BCUT2D eigenvalue weighted by molar-refractivity contribution is 6.31. The molecule has 392 valence electrons. The second-order valence-electron chi connectivity index (χ2n) is 18.4. The molecule has 1 aliphatic heterocycles. The first-order chi connectivity index (χ1) is 33.7. The molecule has 4 unspecified atom stereocenters. The molecule has 2 aromatic carbocycles. The second-order valence-corrected chi connectivity index (χ2v) is 18.4. The number of amides is 6. The molecule has 1 fully saturated rings. The molecule has 0 spiro atoms. The average Bonchev–Trinajstić information content (AvgIpc) is 3.30. The minimum atomic E-state index is -2.47. The molecule has 3 aliphatic rings. The number of primary amides is 1. The number of carbonyl (C=O) groups excluding carboxylic acids is 9. The number of carbonyl (C=O) groups is 10. The van der Waals surface area contributed by atoms with Crippen LogP contribution in [0.3, 0.4) is 0 Å². The van der Waals surface area contributed by atoms with Crippen molar-refractivity contribution in [1.29, 1.82) is 0 Å². The SMILES string of the molecule is COc1cccc2c1C(=O)c1c(O)c3c(c(O)c1C2=O)C[C@@](O)(C(=O)CO)C[C@@H]3O[C@H]1C[C@H](NC(=O)C(CC(C)C)NC(=O)C(CC(N)=O)NC(=O)C(C)NC(=O)C(C)NC(=O)CCC(=O)O)[C@H](O)[C@H](C)O1. The lowest BCUT2D eigenvalue weighted by Crippen LogP contribution is -2.61. The van der Waals surface area contributed by atoms with E-state index < -0.39 is 181 Å². The molecule has 5 rings (SSSR count). The zero-order valence-electron chi connectivity index (χ0n) is 40.2.